The maximum absolute atomic E-state index is 12.0. The van der Waals surface area contributed by atoms with Gasteiger partial charge < -0.3 is 38.5 Å². The maximum atomic E-state index is 12.0. The van der Waals surface area contributed by atoms with Crippen molar-refractivity contribution in [3.63, 3.8) is 0 Å². The van der Waals surface area contributed by atoms with Crippen molar-refractivity contribution in [2.75, 3.05) is 19.8 Å². The van der Waals surface area contributed by atoms with E-state index in [1.807, 2.05) is 18.2 Å². The number of rotatable bonds is 11. The lowest BCUT2D eigenvalue weighted by Crippen LogP contribution is -2.63. The fourth-order valence-electron chi connectivity index (χ4n) is 3.43. The van der Waals surface area contributed by atoms with Gasteiger partial charge in [0.05, 0.1) is 6.61 Å². The first kappa shape index (κ1) is 29.5. The Morgan fingerprint density at radius 3 is 1.97 bits per heavy atom. The molecule has 1 saturated heterocycles. The van der Waals surface area contributed by atoms with E-state index >= 15 is 0 Å². The van der Waals surface area contributed by atoms with Crippen LogP contribution in [0.3, 0.4) is 0 Å². The van der Waals surface area contributed by atoms with Crippen molar-refractivity contribution in [3.05, 3.63) is 35.9 Å². The summed E-state index contributed by atoms with van der Waals surface area (Å²) in [5, 5.41) is 2.50. The first-order chi connectivity index (χ1) is 17.6. The van der Waals surface area contributed by atoms with Crippen molar-refractivity contribution in [2.24, 2.45) is 0 Å². The SMILES string of the molecule is CC(=O)OC[C@H]1O[C@@H](OCCNC(=O)OCc2ccccc2)[C@@H](OC(C)=O)[C@@H](OC(C)=O)[C@@H]1OC(C)=O. The summed E-state index contributed by atoms with van der Waals surface area (Å²) in [5.74, 6) is -2.87. The molecule has 37 heavy (non-hydrogen) atoms. The van der Waals surface area contributed by atoms with Gasteiger partial charge in [0.15, 0.2) is 24.6 Å². The molecule has 0 spiro atoms. The van der Waals surface area contributed by atoms with Gasteiger partial charge in [-0.05, 0) is 5.56 Å². The van der Waals surface area contributed by atoms with Gasteiger partial charge in [-0.3, -0.25) is 19.2 Å². The Balaban J connectivity index is 2.07. The fraction of sp³-hybridized carbons (Fsp3) is 0.542. The van der Waals surface area contributed by atoms with Gasteiger partial charge >= 0.3 is 30.0 Å². The molecule has 0 bridgehead atoms. The second-order valence-corrected chi connectivity index (χ2v) is 7.93. The molecular formula is C24H31NO12. The highest BCUT2D eigenvalue weighted by Gasteiger charge is 2.52. The Morgan fingerprint density at radius 2 is 1.38 bits per heavy atom. The minimum absolute atomic E-state index is 0.0134. The molecule has 0 aromatic heterocycles. The molecule has 1 aromatic rings. The van der Waals surface area contributed by atoms with E-state index in [-0.39, 0.29) is 26.4 Å². The molecule has 5 atom stereocenters. The minimum atomic E-state index is -1.34. The summed E-state index contributed by atoms with van der Waals surface area (Å²) in [5.41, 5.74) is 0.811. The first-order valence-electron chi connectivity index (χ1n) is 11.4. The van der Waals surface area contributed by atoms with E-state index in [1.54, 1.807) is 12.1 Å². The number of esters is 4. The normalized spacial score (nSPS) is 22.8. The predicted octanol–water partition coefficient (Wildman–Crippen LogP) is 1.01. The van der Waals surface area contributed by atoms with E-state index in [2.05, 4.69) is 5.32 Å². The molecule has 1 N–H and O–H groups in total. The van der Waals surface area contributed by atoms with Gasteiger partial charge in [-0.25, -0.2) is 4.79 Å². The molecule has 0 unspecified atom stereocenters. The minimum Gasteiger partial charge on any atom is -0.463 e. The third kappa shape index (κ3) is 10.4. The summed E-state index contributed by atoms with van der Waals surface area (Å²) in [6, 6.07) is 9.09. The highest BCUT2D eigenvalue weighted by molar-refractivity contribution is 5.69. The lowest BCUT2D eigenvalue weighted by Gasteiger charge is -2.44. The zero-order valence-electron chi connectivity index (χ0n) is 21.0. The summed E-state index contributed by atoms with van der Waals surface area (Å²) in [7, 11) is 0. The number of hydrogen-bond donors (Lipinski definition) is 1. The van der Waals surface area contributed by atoms with E-state index in [4.69, 9.17) is 33.2 Å². The van der Waals surface area contributed by atoms with Crippen LogP contribution in [0, 0.1) is 0 Å². The van der Waals surface area contributed by atoms with Gasteiger partial charge in [0.25, 0.3) is 0 Å². The summed E-state index contributed by atoms with van der Waals surface area (Å²) in [4.78, 5) is 58.7. The Kier molecular flexibility index (Phi) is 11.8. The molecule has 204 valence electrons. The van der Waals surface area contributed by atoms with Gasteiger partial charge in [0, 0.05) is 34.2 Å². The Labute approximate surface area is 213 Å². The Hall–Kier alpha value is -3.71. The van der Waals surface area contributed by atoms with Gasteiger partial charge in [-0.1, -0.05) is 30.3 Å². The predicted molar refractivity (Wildman–Crippen MR) is 123 cm³/mol. The van der Waals surface area contributed by atoms with Crippen LogP contribution < -0.4 is 5.32 Å². The smallest absolute Gasteiger partial charge is 0.407 e. The fourth-order valence-corrected chi connectivity index (χ4v) is 3.43. The molecule has 13 heteroatoms. The number of alkyl carbamates (subject to hydrolysis) is 1. The van der Waals surface area contributed by atoms with E-state index in [0.29, 0.717) is 0 Å². The van der Waals surface area contributed by atoms with Crippen LogP contribution in [-0.4, -0.2) is 80.4 Å². The lowest BCUT2D eigenvalue weighted by atomic mass is 9.98. The number of carbonyl (C=O) groups excluding carboxylic acids is 5. The van der Waals surface area contributed by atoms with Crippen molar-refractivity contribution in [2.45, 2.75) is 65.0 Å². The van der Waals surface area contributed by atoms with Crippen molar-refractivity contribution in [3.8, 4) is 0 Å². The quantitative estimate of drug-likeness (QED) is 0.248. The molecule has 1 aliphatic rings. The molecule has 1 fully saturated rings. The van der Waals surface area contributed by atoms with Crippen molar-refractivity contribution in [1.29, 1.82) is 0 Å². The van der Waals surface area contributed by atoms with Crippen LogP contribution in [0.25, 0.3) is 0 Å². The molecule has 2 rings (SSSR count). The molecule has 1 amide bonds. The van der Waals surface area contributed by atoms with E-state index in [1.165, 1.54) is 6.92 Å². The van der Waals surface area contributed by atoms with Crippen LogP contribution in [0.15, 0.2) is 30.3 Å². The van der Waals surface area contributed by atoms with Gasteiger partial charge in [0.1, 0.15) is 19.3 Å². The molecular weight excluding hydrogens is 494 g/mol. The molecule has 1 aromatic carbocycles. The lowest BCUT2D eigenvalue weighted by molar-refractivity contribution is -0.307. The molecule has 0 aliphatic carbocycles. The van der Waals surface area contributed by atoms with Crippen LogP contribution >= 0.6 is 0 Å². The molecule has 13 nitrogen and oxygen atoms in total. The van der Waals surface area contributed by atoms with Crippen LogP contribution in [-0.2, 0) is 58.9 Å². The molecule has 0 radical (unpaired) electrons. The average molecular weight is 526 g/mol. The van der Waals surface area contributed by atoms with Gasteiger partial charge in [-0.2, -0.15) is 0 Å². The number of nitrogens with one attached hydrogen (secondary N) is 1. The van der Waals surface area contributed by atoms with Crippen LogP contribution in [0.1, 0.15) is 33.3 Å². The maximum Gasteiger partial charge on any atom is 0.407 e. The average Bonchev–Trinajstić information content (AvgIpc) is 2.82. The molecule has 0 saturated carbocycles. The third-order valence-corrected chi connectivity index (χ3v) is 4.81. The monoisotopic (exact) mass is 525 g/mol. The van der Waals surface area contributed by atoms with Crippen LogP contribution in [0.4, 0.5) is 4.79 Å². The number of benzene rings is 1. The summed E-state index contributed by atoms with van der Waals surface area (Å²) in [6.45, 7) is 4.10. The van der Waals surface area contributed by atoms with Gasteiger partial charge in [-0.15, -0.1) is 0 Å². The van der Waals surface area contributed by atoms with Crippen LogP contribution in [0.5, 0.6) is 0 Å². The largest absolute Gasteiger partial charge is 0.463 e. The first-order valence-corrected chi connectivity index (χ1v) is 11.4. The van der Waals surface area contributed by atoms with E-state index in [9.17, 15) is 24.0 Å². The molecule has 1 heterocycles. The van der Waals surface area contributed by atoms with Crippen LogP contribution in [0.2, 0.25) is 0 Å². The zero-order chi connectivity index (χ0) is 27.4. The number of ether oxygens (including phenoxy) is 7. The zero-order valence-corrected chi connectivity index (χ0v) is 21.0. The summed E-state index contributed by atoms with van der Waals surface area (Å²) < 4.78 is 37.5. The van der Waals surface area contributed by atoms with Crippen molar-refractivity contribution < 1.29 is 57.1 Å². The topological polar surface area (TPSA) is 162 Å². The Morgan fingerprint density at radius 1 is 0.784 bits per heavy atom. The second-order valence-electron chi connectivity index (χ2n) is 7.93. The molecule has 1 aliphatic heterocycles. The number of amides is 1. The summed E-state index contributed by atoms with van der Waals surface area (Å²) >= 11 is 0. The highest BCUT2D eigenvalue weighted by Crippen LogP contribution is 2.29. The third-order valence-electron chi connectivity index (χ3n) is 4.81. The number of carbonyl (C=O) groups is 5. The Bertz CT molecular complexity index is 937. The van der Waals surface area contributed by atoms with Crippen molar-refractivity contribution >= 4 is 30.0 Å². The number of hydrogen-bond acceptors (Lipinski definition) is 12. The second kappa shape index (κ2) is 14.8. The summed E-state index contributed by atoms with van der Waals surface area (Å²) in [6.07, 6.45) is -7.11. The van der Waals surface area contributed by atoms with E-state index < -0.39 is 60.7 Å². The standard InChI is InChI=1S/C24H31NO12/c1-14(26)32-13-19-20(34-15(2)27)21(35-16(3)28)22(36-17(4)29)23(37-19)31-11-10-25-24(30)33-12-18-8-6-5-7-9-18/h5-9,19-23H,10-13H2,1-4H3,(H,25,30)/t19-,20-,21+,22+,23-/m1/s1. The highest BCUT2D eigenvalue weighted by atomic mass is 16.7. The van der Waals surface area contributed by atoms with E-state index in [0.717, 1.165) is 26.3 Å². The van der Waals surface area contributed by atoms with Crippen molar-refractivity contribution in [1.82, 2.24) is 5.32 Å². The van der Waals surface area contributed by atoms with Gasteiger partial charge in [0.2, 0.25) is 0 Å².